The lowest BCUT2D eigenvalue weighted by Gasteiger charge is -2.20. The van der Waals surface area contributed by atoms with E-state index in [2.05, 4.69) is 230 Å². The summed E-state index contributed by atoms with van der Waals surface area (Å²) in [6, 6.07) is 42.9. The van der Waals surface area contributed by atoms with Crippen LogP contribution in [0, 0.1) is 0 Å². The maximum Gasteiger partial charge on any atom is 0.0728 e. The molecule has 2 unspecified atom stereocenters. The van der Waals surface area contributed by atoms with Crippen molar-refractivity contribution in [3.8, 4) is 0 Å². The average molecular weight is 934 g/mol. The number of nitrogens with one attached hydrogen (secondary N) is 4. The molecule has 0 saturated carbocycles. The van der Waals surface area contributed by atoms with E-state index < -0.39 is 0 Å². The smallest absolute Gasteiger partial charge is 0.0728 e. The molecule has 0 saturated heterocycles. The molecule has 2 aromatic heterocycles. The lowest BCUT2D eigenvalue weighted by atomic mass is 9.98. The molecule has 0 fully saturated rings. The van der Waals surface area contributed by atoms with Crippen LogP contribution in [0.1, 0.15) is 33.6 Å². The van der Waals surface area contributed by atoms with Crippen LogP contribution in [0.25, 0.3) is 22.3 Å². The van der Waals surface area contributed by atoms with Gasteiger partial charge in [0.15, 0.2) is 0 Å². The number of aromatic amines is 2. The van der Waals surface area contributed by atoms with Gasteiger partial charge in [-0.25, -0.2) is 0 Å². The van der Waals surface area contributed by atoms with Crippen LogP contribution in [0.4, 0.5) is 0 Å². The third-order valence-corrected chi connectivity index (χ3v) is 11.9. The Labute approximate surface area is 335 Å². The van der Waals surface area contributed by atoms with Gasteiger partial charge in [-0.15, -0.1) is 0 Å². The monoisotopic (exact) mass is 930 g/mol. The maximum atomic E-state index is 3.94. The Hall–Kier alpha value is -4.34. The Bertz CT molecular complexity index is 2410. The van der Waals surface area contributed by atoms with Gasteiger partial charge in [0.05, 0.1) is 12.1 Å². The van der Waals surface area contributed by atoms with Crippen LogP contribution >= 0.6 is 63.7 Å². The van der Waals surface area contributed by atoms with Crippen molar-refractivity contribution >= 4 is 86.0 Å². The van der Waals surface area contributed by atoms with Gasteiger partial charge in [0.1, 0.15) is 0 Å². The Kier molecular flexibility index (Phi) is 8.95. The lowest BCUT2D eigenvalue weighted by Crippen LogP contribution is -2.31. The standard InChI is InChI=1S/C44H30Br4N4/c45-29-9-1-25(2-10-29)41-33-17-19-35(49-33)42(26-3-11-30(46)12-4-26)37-21-23-39(51-37)44(28-7-15-32(48)16-8-28)40-24-22-38(52-40)43(36-20-18-34(41)50-36)27-5-13-31(47)14-6-27/h1-24,33,38,49-52H/b41-34-,42-35-,43-36-,44-40-. The molecule has 2 atom stereocenters. The molecule has 52 heavy (non-hydrogen) atoms. The highest BCUT2D eigenvalue weighted by atomic mass is 79.9. The molecule has 3 aliphatic rings. The van der Waals surface area contributed by atoms with E-state index in [9.17, 15) is 0 Å². The molecular formula is C44H30Br4N4. The van der Waals surface area contributed by atoms with Gasteiger partial charge < -0.3 is 20.6 Å². The lowest BCUT2D eigenvalue weighted by molar-refractivity contribution is 0.849. The number of benzene rings is 4. The molecule has 5 heterocycles. The van der Waals surface area contributed by atoms with Gasteiger partial charge in [-0.3, -0.25) is 0 Å². The fourth-order valence-electron chi connectivity index (χ4n) is 7.37. The van der Waals surface area contributed by atoms with E-state index in [1.807, 2.05) is 0 Å². The number of H-pyrrole nitrogens is 2. The molecule has 254 valence electrons. The quantitative estimate of drug-likeness (QED) is 0.142. The third-order valence-electron chi connectivity index (χ3n) is 9.76. The molecule has 8 heteroatoms. The van der Waals surface area contributed by atoms with E-state index in [4.69, 9.17) is 0 Å². The summed E-state index contributed by atoms with van der Waals surface area (Å²) >= 11 is 14.6. The fraction of sp³-hybridized carbons (Fsp3) is 0.0455. The molecule has 4 N–H and O–H groups in total. The molecule has 0 radical (unpaired) electrons. The first-order valence-electron chi connectivity index (χ1n) is 16.9. The van der Waals surface area contributed by atoms with Gasteiger partial charge in [-0.2, -0.15) is 0 Å². The zero-order chi connectivity index (χ0) is 35.3. The van der Waals surface area contributed by atoms with Crippen LogP contribution in [0.2, 0.25) is 0 Å². The van der Waals surface area contributed by atoms with E-state index in [1.165, 1.54) is 11.1 Å². The highest BCUT2D eigenvalue weighted by Crippen LogP contribution is 2.36. The van der Waals surface area contributed by atoms with Crippen molar-refractivity contribution in [2.45, 2.75) is 12.1 Å². The van der Waals surface area contributed by atoms with E-state index in [1.54, 1.807) is 0 Å². The first-order chi connectivity index (χ1) is 25.4. The van der Waals surface area contributed by atoms with Crippen molar-refractivity contribution in [2.24, 2.45) is 0 Å². The van der Waals surface area contributed by atoms with Gasteiger partial charge >= 0.3 is 0 Å². The summed E-state index contributed by atoms with van der Waals surface area (Å²) < 4.78 is 4.17. The van der Waals surface area contributed by atoms with Crippen LogP contribution in [0.3, 0.4) is 0 Å². The first-order valence-corrected chi connectivity index (χ1v) is 20.1. The van der Waals surface area contributed by atoms with Crippen LogP contribution in [0.15, 0.2) is 175 Å². The van der Waals surface area contributed by atoms with Crippen LogP contribution in [0.5, 0.6) is 0 Å². The maximum absolute atomic E-state index is 3.94. The van der Waals surface area contributed by atoms with Crippen molar-refractivity contribution in [1.82, 2.24) is 20.6 Å². The Morgan fingerprint density at radius 2 is 0.712 bits per heavy atom. The minimum atomic E-state index is -0.0825. The summed E-state index contributed by atoms with van der Waals surface area (Å²) in [7, 11) is 0. The van der Waals surface area contributed by atoms with Gasteiger partial charge in [-0.1, -0.05) is 124 Å². The van der Waals surface area contributed by atoms with Crippen molar-refractivity contribution in [1.29, 1.82) is 0 Å². The summed E-state index contributed by atoms with van der Waals surface area (Å²) in [6.07, 6.45) is 9.00. The first kappa shape index (κ1) is 33.5. The van der Waals surface area contributed by atoms with Crippen LogP contribution < -0.4 is 21.3 Å². The van der Waals surface area contributed by atoms with Gasteiger partial charge in [0, 0.05) is 73.7 Å². The molecule has 4 aromatic carbocycles. The molecule has 0 spiro atoms. The molecule has 4 nitrogen and oxygen atoms in total. The number of aromatic nitrogens is 2. The van der Waals surface area contributed by atoms with Gasteiger partial charge in [-0.05, 0) is 107 Å². The predicted octanol–water partition coefficient (Wildman–Crippen LogP) is 10.1. The second-order valence-electron chi connectivity index (χ2n) is 13.0. The van der Waals surface area contributed by atoms with Crippen molar-refractivity contribution in [2.75, 3.05) is 0 Å². The topological polar surface area (TPSA) is 55.6 Å². The summed E-state index contributed by atoms with van der Waals surface area (Å²) in [5.74, 6) is 0. The average Bonchev–Trinajstić information content (AvgIpc) is 3.99. The highest BCUT2D eigenvalue weighted by molar-refractivity contribution is 9.11. The van der Waals surface area contributed by atoms with Crippen molar-refractivity contribution in [3.63, 3.8) is 0 Å². The van der Waals surface area contributed by atoms with Crippen LogP contribution in [-0.2, 0) is 0 Å². The van der Waals surface area contributed by atoms with Crippen molar-refractivity contribution < 1.29 is 0 Å². The van der Waals surface area contributed by atoms with E-state index in [-0.39, 0.29) is 12.1 Å². The largest absolute Gasteiger partial charge is 0.374 e. The van der Waals surface area contributed by atoms with Gasteiger partial charge in [0.25, 0.3) is 0 Å². The van der Waals surface area contributed by atoms with E-state index in [0.717, 1.165) is 84.8 Å². The number of halogens is 4. The predicted molar refractivity (Wildman–Crippen MR) is 227 cm³/mol. The minimum absolute atomic E-state index is 0.0825. The highest BCUT2D eigenvalue weighted by Gasteiger charge is 2.27. The number of hydrogen-bond acceptors (Lipinski definition) is 2. The van der Waals surface area contributed by atoms with Crippen molar-refractivity contribution in [3.05, 3.63) is 219 Å². The summed E-state index contributed by atoms with van der Waals surface area (Å²) in [4.78, 5) is 7.76. The second-order valence-corrected chi connectivity index (χ2v) is 16.6. The Morgan fingerprint density at radius 1 is 0.365 bits per heavy atom. The number of rotatable bonds is 4. The minimum Gasteiger partial charge on any atom is -0.374 e. The summed E-state index contributed by atoms with van der Waals surface area (Å²) in [5.41, 5.74) is 13.2. The zero-order valence-electron chi connectivity index (χ0n) is 27.5. The summed E-state index contributed by atoms with van der Waals surface area (Å²) in [6.45, 7) is 0. The molecule has 6 aromatic rings. The van der Waals surface area contributed by atoms with Crippen LogP contribution in [-0.4, -0.2) is 22.1 Å². The normalized spacial score (nSPS) is 22.8. The number of allylic oxidation sites excluding steroid dienone is 2. The molecule has 0 amide bonds. The Morgan fingerprint density at radius 3 is 1.08 bits per heavy atom. The molecule has 8 bridgehead atoms. The summed E-state index contributed by atoms with van der Waals surface area (Å²) in [5, 5.41) is 10.00. The SMILES string of the molecule is Brc1ccc(/C2=C3\C=CC(N3)/C(c3ccc(Br)cc3)=c3/cc/c([nH]3)=C(\c3ccc(Br)cc3)C3C=C/C(=C(\c4ccc(Br)cc4)c4ccc2[nH]4)N3)cc1. The van der Waals surface area contributed by atoms with Gasteiger partial charge in [0.2, 0.25) is 0 Å². The Balaban J connectivity index is 1.35. The number of hydrogen-bond donors (Lipinski definition) is 4. The fourth-order valence-corrected chi connectivity index (χ4v) is 8.42. The molecule has 3 aliphatic heterocycles. The number of fused-ring (bicyclic) bond motifs is 8. The van der Waals surface area contributed by atoms with E-state index >= 15 is 0 Å². The van der Waals surface area contributed by atoms with E-state index in [0.29, 0.717) is 0 Å². The molecule has 9 rings (SSSR count). The second kappa shape index (κ2) is 13.9. The zero-order valence-corrected chi connectivity index (χ0v) is 33.9. The third kappa shape index (κ3) is 6.36. The molecular weight excluding hydrogens is 904 g/mol. The molecule has 0 aliphatic carbocycles.